The highest BCUT2D eigenvalue weighted by atomic mass is 16.5. The molecule has 5 aromatic rings. The number of nitrogens with one attached hydrogen (secondary N) is 2. The van der Waals surface area contributed by atoms with E-state index in [1.54, 1.807) is 11.6 Å². The van der Waals surface area contributed by atoms with E-state index in [1.165, 1.54) is 18.1 Å². The van der Waals surface area contributed by atoms with Crippen molar-refractivity contribution in [3.63, 3.8) is 0 Å². The van der Waals surface area contributed by atoms with E-state index in [-0.39, 0.29) is 5.56 Å². The Hall–Kier alpha value is -4.79. The predicted octanol–water partition coefficient (Wildman–Crippen LogP) is 5.25. The SMILES string of the molecule is COc1ccc(-c2c(Nc3cnncn3)nc3c(C4=CCCCC4)c(-c4ccccc4)[nH]n3c2=O)cc1. The van der Waals surface area contributed by atoms with Gasteiger partial charge in [0.25, 0.3) is 5.56 Å². The second-order valence-electron chi connectivity index (χ2n) is 8.85. The van der Waals surface area contributed by atoms with Crippen LogP contribution in [0.3, 0.4) is 0 Å². The summed E-state index contributed by atoms with van der Waals surface area (Å²) in [6.45, 7) is 0. The van der Waals surface area contributed by atoms with Crippen molar-refractivity contribution >= 4 is 22.9 Å². The Kier molecular flexibility index (Phi) is 5.94. The number of H-pyrrole nitrogens is 1. The number of allylic oxidation sites excluding steroid dienone is 2. The third-order valence-corrected chi connectivity index (χ3v) is 6.58. The molecule has 9 heteroatoms. The molecule has 9 nitrogen and oxygen atoms in total. The first kappa shape index (κ1) is 22.7. The Bertz CT molecular complexity index is 1640. The van der Waals surface area contributed by atoms with Gasteiger partial charge in [0.15, 0.2) is 11.5 Å². The summed E-state index contributed by atoms with van der Waals surface area (Å²) < 4.78 is 6.87. The lowest BCUT2D eigenvalue weighted by Gasteiger charge is -2.14. The molecule has 0 spiro atoms. The van der Waals surface area contributed by atoms with Crippen molar-refractivity contribution in [2.24, 2.45) is 0 Å². The Morgan fingerprint density at radius 1 is 0.973 bits per heavy atom. The molecule has 0 fully saturated rings. The molecule has 0 aliphatic heterocycles. The Balaban J connectivity index is 1.65. The fourth-order valence-corrected chi connectivity index (χ4v) is 4.79. The summed E-state index contributed by atoms with van der Waals surface area (Å²) in [5, 5.41) is 14.2. The van der Waals surface area contributed by atoms with Gasteiger partial charge in [-0.3, -0.25) is 9.89 Å². The van der Waals surface area contributed by atoms with Crippen LogP contribution >= 0.6 is 0 Å². The highest BCUT2D eigenvalue weighted by molar-refractivity contribution is 5.89. The molecule has 3 heterocycles. The number of hydrogen-bond acceptors (Lipinski definition) is 7. The standard InChI is InChI=1S/C28H25N7O2/c1-37-21-14-12-19(13-15-21)24-26(32-22-16-30-31-17-29-22)33-27-23(18-8-4-2-5-9-18)25(34-35(27)28(24)36)20-10-6-3-7-11-20/h3,6-8,10-17,34H,2,4-5,9H2,1H3,(H,29,31,32). The predicted molar refractivity (Wildman–Crippen MR) is 143 cm³/mol. The third-order valence-electron chi connectivity index (χ3n) is 6.58. The molecule has 0 unspecified atom stereocenters. The van der Waals surface area contributed by atoms with Gasteiger partial charge in [-0.15, -0.1) is 5.10 Å². The summed E-state index contributed by atoms with van der Waals surface area (Å²) >= 11 is 0. The number of nitrogens with zero attached hydrogens (tertiary/aromatic N) is 5. The smallest absolute Gasteiger partial charge is 0.282 e. The Labute approximate surface area is 212 Å². The molecule has 6 rings (SSSR count). The number of methoxy groups -OCH3 is 1. The highest BCUT2D eigenvalue weighted by Gasteiger charge is 2.24. The lowest BCUT2D eigenvalue weighted by atomic mass is 9.92. The van der Waals surface area contributed by atoms with E-state index >= 15 is 0 Å². The number of aromatic nitrogens is 6. The highest BCUT2D eigenvalue weighted by Crippen LogP contribution is 2.37. The molecule has 1 aliphatic rings. The molecule has 0 amide bonds. The first-order valence-corrected chi connectivity index (χ1v) is 12.2. The van der Waals surface area contributed by atoms with Crippen molar-refractivity contribution in [3.05, 3.63) is 89.1 Å². The van der Waals surface area contributed by atoms with Crippen molar-refractivity contribution in [1.82, 2.24) is 29.8 Å². The fourth-order valence-electron chi connectivity index (χ4n) is 4.79. The molecule has 184 valence electrons. The van der Waals surface area contributed by atoms with Crippen molar-refractivity contribution in [2.45, 2.75) is 25.7 Å². The van der Waals surface area contributed by atoms with Crippen LogP contribution in [0.4, 0.5) is 11.6 Å². The van der Waals surface area contributed by atoms with Gasteiger partial charge >= 0.3 is 0 Å². The summed E-state index contributed by atoms with van der Waals surface area (Å²) in [7, 11) is 1.61. The molecule has 37 heavy (non-hydrogen) atoms. The first-order chi connectivity index (χ1) is 18.2. The summed E-state index contributed by atoms with van der Waals surface area (Å²) in [5.74, 6) is 1.54. The van der Waals surface area contributed by atoms with Gasteiger partial charge in [-0.2, -0.15) is 9.61 Å². The first-order valence-electron chi connectivity index (χ1n) is 12.2. The molecule has 0 bridgehead atoms. The van der Waals surface area contributed by atoms with Gasteiger partial charge in [0, 0.05) is 11.1 Å². The van der Waals surface area contributed by atoms with Gasteiger partial charge in [-0.25, -0.2) is 9.97 Å². The number of ether oxygens (including phenoxy) is 1. The van der Waals surface area contributed by atoms with Crippen LogP contribution in [0.15, 0.2) is 78.0 Å². The minimum atomic E-state index is -0.223. The lowest BCUT2D eigenvalue weighted by Crippen LogP contribution is -2.20. The number of rotatable bonds is 6. The van der Waals surface area contributed by atoms with Crippen LogP contribution in [0, 0.1) is 0 Å². The van der Waals surface area contributed by atoms with E-state index in [2.05, 4.69) is 31.7 Å². The molecule has 0 radical (unpaired) electrons. The summed E-state index contributed by atoms with van der Waals surface area (Å²) in [6.07, 6.45) is 9.32. The van der Waals surface area contributed by atoms with Crippen LogP contribution in [0.5, 0.6) is 5.75 Å². The van der Waals surface area contributed by atoms with Gasteiger partial charge in [-0.1, -0.05) is 48.5 Å². The molecule has 2 aromatic carbocycles. The lowest BCUT2D eigenvalue weighted by molar-refractivity contribution is 0.415. The summed E-state index contributed by atoms with van der Waals surface area (Å²) in [6, 6.07) is 17.4. The van der Waals surface area contributed by atoms with Gasteiger partial charge in [0.1, 0.15) is 17.9 Å². The van der Waals surface area contributed by atoms with Crippen LogP contribution in [-0.4, -0.2) is 36.9 Å². The van der Waals surface area contributed by atoms with Crippen LogP contribution in [0.25, 0.3) is 33.6 Å². The molecule has 0 atom stereocenters. The second kappa shape index (κ2) is 9.69. The van der Waals surface area contributed by atoms with Crippen LogP contribution in [-0.2, 0) is 0 Å². The third kappa shape index (κ3) is 4.24. The minimum absolute atomic E-state index is 0.223. The molecule has 3 aromatic heterocycles. The van der Waals surface area contributed by atoms with Gasteiger partial charge in [-0.05, 0) is 49.0 Å². The Morgan fingerprint density at radius 3 is 2.51 bits per heavy atom. The maximum atomic E-state index is 14.1. The number of hydrogen-bond donors (Lipinski definition) is 2. The summed E-state index contributed by atoms with van der Waals surface area (Å²) in [4.78, 5) is 23.4. The van der Waals surface area contributed by atoms with Crippen LogP contribution < -0.4 is 15.6 Å². The van der Waals surface area contributed by atoms with E-state index in [0.29, 0.717) is 34.2 Å². The summed E-state index contributed by atoms with van der Waals surface area (Å²) in [5.41, 5.74) is 5.47. The van der Waals surface area contributed by atoms with Crippen molar-refractivity contribution in [3.8, 4) is 28.1 Å². The largest absolute Gasteiger partial charge is 0.497 e. The van der Waals surface area contributed by atoms with Gasteiger partial charge in [0.05, 0.1) is 24.6 Å². The van der Waals surface area contributed by atoms with E-state index in [0.717, 1.165) is 42.5 Å². The number of anilines is 2. The zero-order chi connectivity index (χ0) is 25.2. The Morgan fingerprint density at radius 2 is 1.81 bits per heavy atom. The maximum Gasteiger partial charge on any atom is 0.282 e. The average molecular weight is 492 g/mol. The number of benzene rings is 2. The van der Waals surface area contributed by atoms with E-state index in [1.807, 2.05) is 54.6 Å². The molecule has 0 saturated carbocycles. The monoisotopic (exact) mass is 491 g/mol. The van der Waals surface area contributed by atoms with E-state index < -0.39 is 0 Å². The molecule has 0 saturated heterocycles. The number of aromatic amines is 1. The van der Waals surface area contributed by atoms with E-state index in [9.17, 15) is 4.79 Å². The number of fused-ring (bicyclic) bond motifs is 1. The van der Waals surface area contributed by atoms with Crippen molar-refractivity contribution in [2.75, 3.05) is 12.4 Å². The van der Waals surface area contributed by atoms with Crippen LogP contribution in [0.1, 0.15) is 31.2 Å². The molecular weight excluding hydrogens is 466 g/mol. The van der Waals surface area contributed by atoms with Gasteiger partial charge in [0.2, 0.25) is 0 Å². The average Bonchev–Trinajstić information content (AvgIpc) is 3.35. The van der Waals surface area contributed by atoms with Crippen molar-refractivity contribution < 1.29 is 4.74 Å². The fraction of sp³-hybridized carbons (Fsp3) is 0.179. The quantitative estimate of drug-likeness (QED) is 0.334. The second-order valence-corrected chi connectivity index (χ2v) is 8.85. The van der Waals surface area contributed by atoms with Crippen molar-refractivity contribution in [1.29, 1.82) is 0 Å². The zero-order valence-corrected chi connectivity index (χ0v) is 20.3. The molecular formula is C28H25N7O2. The minimum Gasteiger partial charge on any atom is -0.497 e. The molecule has 2 N–H and O–H groups in total. The van der Waals surface area contributed by atoms with Crippen LogP contribution in [0.2, 0.25) is 0 Å². The normalized spacial score (nSPS) is 13.4. The zero-order valence-electron chi connectivity index (χ0n) is 20.3. The molecule has 1 aliphatic carbocycles. The maximum absolute atomic E-state index is 14.1. The van der Waals surface area contributed by atoms with E-state index in [4.69, 9.17) is 9.72 Å². The topological polar surface area (TPSA) is 110 Å². The van der Waals surface area contributed by atoms with Gasteiger partial charge < -0.3 is 10.1 Å².